The lowest BCUT2D eigenvalue weighted by Gasteiger charge is -2.34. The second-order valence-electron chi connectivity index (χ2n) is 5.27. The first-order valence-corrected chi connectivity index (χ1v) is 8.54. The number of benzene rings is 1. The summed E-state index contributed by atoms with van der Waals surface area (Å²) in [5, 5.41) is 0. The molecule has 6 heteroatoms. The van der Waals surface area contributed by atoms with E-state index >= 15 is 0 Å². The van der Waals surface area contributed by atoms with E-state index in [1.54, 1.807) is 6.07 Å². The van der Waals surface area contributed by atoms with Crippen molar-refractivity contribution in [2.24, 2.45) is 5.92 Å². The zero-order valence-electron chi connectivity index (χ0n) is 12.1. The molecule has 0 saturated carbocycles. The fourth-order valence-electron chi connectivity index (χ4n) is 2.70. The molecule has 1 aliphatic rings. The second-order valence-corrected chi connectivity index (χ2v) is 7.13. The number of nitrogens with one attached hydrogen (secondary N) is 1. The Morgan fingerprint density at radius 2 is 2.00 bits per heavy atom. The van der Waals surface area contributed by atoms with Crippen molar-refractivity contribution < 1.29 is 8.42 Å². The van der Waals surface area contributed by atoms with E-state index in [2.05, 4.69) is 16.5 Å². The number of sulfonamides is 1. The molecule has 1 saturated heterocycles. The third-order valence-electron chi connectivity index (χ3n) is 4.07. The molecule has 20 heavy (non-hydrogen) atoms. The van der Waals surface area contributed by atoms with Crippen LogP contribution in [0, 0.1) is 5.92 Å². The Balaban J connectivity index is 2.33. The summed E-state index contributed by atoms with van der Waals surface area (Å²) in [6, 6.07) is 5.11. The van der Waals surface area contributed by atoms with Gasteiger partial charge in [0.1, 0.15) is 4.90 Å². The lowest BCUT2D eigenvalue weighted by molar-refractivity contribution is 0.394. The van der Waals surface area contributed by atoms with Crippen LogP contribution < -0.4 is 15.4 Å². The molecule has 112 valence electrons. The molecular formula is C14H23N3O2S. The molecule has 0 bridgehead atoms. The van der Waals surface area contributed by atoms with E-state index in [0.29, 0.717) is 5.69 Å². The summed E-state index contributed by atoms with van der Waals surface area (Å²) in [6.45, 7) is 4.00. The highest BCUT2D eigenvalue weighted by atomic mass is 32.2. The van der Waals surface area contributed by atoms with Crippen LogP contribution in [0.15, 0.2) is 23.1 Å². The van der Waals surface area contributed by atoms with E-state index < -0.39 is 10.0 Å². The third kappa shape index (κ3) is 3.07. The van der Waals surface area contributed by atoms with Crippen LogP contribution in [-0.4, -0.2) is 28.6 Å². The van der Waals surface area contributed by atoms with Crippen LogP contribution in [-0.2, 0) is 10.0 Å². The maximum atomic E-state index is 12.1. The first-order chi connectivity index (χ1) is 9.47. The van der Waals surface area contributed by atoms with Gasteiger partial charge in [-0.1, -0.05) is 13.3 Å². The summed E-state index contributed by atoms with van der Waals surface area (Å²) in [6.07, 6.45) is 3.41. The highest BCUT2D eigenvalue weighted by molar-refractivity contribution is 7.89. The number of hydrogen-bond donors (Lipinski definition) is 2. The number of nitrogen functional groups attached to an aromatic ring is 1. The SMILES string of the molecule is CCC1CCN(c2ccc(N)cc2S(=O)(=O)NC)CC1. The molecule has 0 unspecified atom stereocenters. The van der Waals surface area contributed by atoms with E-state index in [0.717, 1.165) is 37.5 Å². The second kappa shape index (κ2) is 6.01. The van der Waals surface area contributed by atoms with Crippen molar-refractivity contribution >= 4 is 21.4 Å². The molecule has 3 N–H and O–H groups in total. The zero-order valence-corrected chi connectivity index (χ0v) is 12.9. The Bertz CT molecular complexity index is 564. The smallest absolute Gasteiger partial charge is 0.242 e. The molecule has 5 nitrogen and oxygen atoms in total. The van der Waals surface area contributed by atoms with Gasteiger partial charge in [-0.25, -0.2) is 13.1 Å². The van der Waals surface area contributed by atoms with Gasteiger partial charge in [-0.2, -0.15) is 0 Å². The molecule has 1 fully saturated rings. The number of nitrogens with two attached hydrogens (primary N) is 1. The van der Waals surface area contributed by atoms with Crippen LogP contribution in [0.3, 0.4) is 0 Å². The van der Waals surface area contributed by atoms with Gasteiger partial charge in [0.2, 0.25) is 10.0 Å². The summed E-state index contributed by atoms with van der Waals surface area (Å²) in [5.41, 5.74) is 6.96. The van der Waals surface area contributed by atoms with Crippen molar-refractivity contribution in [1.29, 1.82) is 0 Å². The lowest BCUT2D eigenvalue weighted by atomic mass is 9.94. The molecule has 1 aromatic carbocycles. The molecule has 2 rings (SSSR count). The minimum Gasteiger partial charge on any atom is -0.399 e. The van der Waals surface area contributed by atoms with Crippen molar-refractivity contribution in [3.8, 4) is 0 Å². The van der Waals surface area contributed by atoms with E-state index in [9.17, 15) is 8.42 Å². The average molecular weight is 297 g/mol. The van der Waals surface area contributed by atoms with Crippen molar-refractivity contribution in [1.82, 2.24) is 4.72 Å². The van der Waals surface area contributed by atoms with Crippen molar-refractivity contribution in [3.63, 3.8) is 0 Å². The van der Waals surface area contributed by atoms with Gasteiger partial charge in [-0.3, -0.25) is 0 Å². The molecule has 0 atom stereocenters. The van der Waals surface area contributed by atoms with Gasteiger partial charge < -0.3 is 10.6 Å². The molecule has 1 aromatic rings. The Kier molecular flexibility index (Phi) is 4.55. The maximum absolute atomic E-state index is 12.1. The third-order valence-corrected chi connectivity index (χ3v) is 5.52. The number of anilines is 2. The molecule has 0 amide bonds. The number of piperidine rings is 1. The van der Waals surface area contributed by atoms with E-state index in [-0.39, 0.29) is 4.90 Å². The fraction of sp³-hybridized carbons (Fsp3) is 0.571. The Hall–Kier alpha value is -1.27. The fourth-order valence-corrected chi connectivity index (χ4v) is 3.68. The monoisotopic (exact) mass is 297 g/mol. The highest BCUT2D eigenvalue weighted by Gasteiger charge is 2.24. The quantitative estimate of drug-likeness (QED) is 0.831. The summed E-state index contributed by atoms with van der Waals surface area (Å²) in [5.74, 6) is 0.754. The van der Waals surface area contributed by atoms with E-state index in [4.69, 9.17) is 5.73 Å². The van der Waals surface area contributed by atoms with Crippen LogP contribution in [0.2, 0.25) is 0 Å². The van der Waals surface area contributed by atoms with Gasteiger partial charge in [0, 0.05) is 18.8 Å². The molecule has 1 aliphatic heterocycles. The first kappa shape index (κ1) is 15.1. The predicted octanol–water partition coefficient (Wildman–Crippen LogP) is 1.80. The van der Waals surface area contributed by atoms with Gasteiger partial charge in [0.25, 0.3) is 0 Å². The largest absolute Gasteiger partial charge is 0.399 e. The Morgan fingerprint density at radius 3 is 2.55 bits per heavy atom. The van der Waals surface area contributed by atoms with Gasteiger partial charge in [-0.05, 0) is 44.0 Å². The van der Waals surface area contributed by atoms with Crippen molar-refractivity contribution in [3.05, 3.63) is 18.2 Å². The summed E-state index contributed by atoms with van der Waals surface area (Å²) >= 11 is 0. The van der Waals surface area contributed by atoms with Crippen LogP contribution in [0.5, 0.6) is 0 Å². The van der Waals surface area contributed by atoms with Crippen LogP contribution in [0.4, 0.5) is 11.4 Å². The molecule has 0 radical (unpaired) electrons. The van der Waals surface area contributed by atoms with Gasteiger partial charge in [0.15, 0.2) is 0 Å². The average Bonchev–Trinajstić information content (AvgIpc) is 2.47. The number of rotatable bonds is 4. The molecule has 1 heterocycles. The predicted molar refractivity (Wildman–Crippen MR) is 82.3 cm³/mol. The molecule has 0 aliphatic carbocycles. The minimum atomic E-state index is -3.49. The van der Waals surface area contributed by atoms with Crippen LogP contribution >= 0.6 is 0 Å². The molecule has 0 spiro atoms. The molecule has 0 aromatic heterocycles. The van der Waals surface area contributed by atoms with Crippen molar-refractivity contribution in [2.75, 3.05) is 30.8 Å². The Labute approximate surface area is 121 Å². The number of nitrogens with zero attached hydrogens (tertiary/aromatic N) is 1. The summed E-state index contributed by atoms with van der Waals surface area (Å²) in [7, 11) is -2.07. The minimum absolute atomic E-state index is 0.273. The van der Waals surface area contributed by atoms with Gasteiger partial charge >= 0.3 is 0 Å². The van der Waals surface area contributed by atoms with Crippen LogP contribution in [0.1, 0.15) is 26.2 Å². The first-order valence-electron chi connectivity index (χ1n) is 7.06. The van der Waals surface area contributed by atoms with E-state index in [1.165, 1.54) is 19.5 Å². The topological polar surface area (TPSA) is 75.4 Å². The van der Waals surface area contributed by atoms with Gasteiger partial charge in [-0.15, -0.1) is 0 Å². The highest BCUT2D eigenvalue weighted by Crippen LogP contribution is 2.31. The van der Waals surface area contributed by atoms with Crippen LogP contribution in [0.25, 0.3) is 0 Å². The Morgan fingerprint density at radius 1 is 1.35 bits per heavy atom. The lowest BCUT2D eigenvalue weighted by Crippen LogP contribution is -2.35. The summed E-state index contributed by atoms with van der Waals surface area (Å²) < 4.78 is 26.7. The normalized spacial score (nSPS) is 17.4. The standard InChI is InChI=1S/C14H23N3O2S/c1-3-11-6-8-17(9-7-11)13-5-4-12(15)10-14(13)20(18,19)16-2/h4-5,10-11,16H,3,6-9,15H2,1-2H3. The van der Waals surface area contributed by atoms with E-state index in [1.807, 2.05) is 6.07 Å². The molecular weight excluding hydrogens is 274 g/mol. The van der Waals surface area contributed by atoms with Gasteiger partial charge in [0.05, 0.1) is 5.69 Å². The summed E-state index contributed by atoms with van der Waals surface area (Å²) in [4.78, 5) is 2.42. The number of hydrogen-bond acceptors (Lipinski definition) is 4. The van der Waals surface area contributed by atoms with Crippen molar-refractivity contribution in [2.45, 2.75) is 31.1 Å². The zero-order chi connectivity index (χ0) is 14.8. The maximum Gasteiger partial charge on any atom is 0.242 e.